The molecule has 2 aliphatic carbocycles. The zero-order valence-corrected chi connectivity index (χ0v) is 35.8. The van der Waals surface area contributed by atoms with Crippen LogP contribution in [0, 0.1) is 0 Å². The van der Waals surface area contributed by atoms with Crippen molar-refractivity contribution in [2.45, 2.75) is 100 Å². The van der Waals surface area contributed by atoms with Gasteiger partial charge in [0.2, 0.25) is 29.4 Å². The van der Waals surface area contributed by atoms with Gasteiger partial charge in [-0.25, -0.2) is 0 Å². The topological polar surface area (TPSA) is 298 Å². The first-order valence-electron chi connectivity index (χ1n) is 21.4. The molecule has 4 aliphatic heterocycles. The summed E-state index contributed by atoms with van der Waals surface area (Å²) in [6, 6.07) is 2.68. The molecule has 22 nitrogen and oxygen atoms in total. The maximum absolute atomic E-state index is 14.2. The molecular weight excluding hydrogens is 858 g/mol. The molecule has 4 saturated heterocycles. The van der Waals surface area contributed by atoms with Gasteiger partial charge in [0.25, 0.3) is 5.91 Å². The van der Waals surface area contributed by atoms with Crippen LogP contribution in [0.5, 0.6) is 17.2 Å². The molecule has 4 fully saturated rings. The van der Waals surface area contributed by atoms with E-state index in [-0.39, 0.29) is 79.4 Å². The van der Waals surface area contributed by atoms with Gasteiger partial charge in [-0.2, -0.15) is 0 Å². The van der Waals surface area contributed by atoms with Crippen LogP contribution in [0.25, 0.3) is 0 Å². The smallest absolute Gasteiger partial charge is 0.252 e. The Bertz CT molecular complexity index is 2290. The number of fused-ring (bicyclic) bond motifs is 6. The number of likely N-dealkylation sites (tertiary alicyclic amines) is 1. The third-order valence-corrected chi connectivity index (χ3v) is 12.9. The molecule has 2 aromatic carbocycles. The molecule has 1 unspecified atom stereocenters. The summed E-state index contributed by atoms with van der Waals surface area (Å²) in [6.07, 6.45) is -5.78. The van der Waals surface area contributed by atoms with E-state index in [4.69, 9.17) is 28.4 Å². The number of nitrogens with zero attached hydrogens (tertiary/aromatic N) is 2. The van der Waals surface area contributed by atoms with Crippen LogP contribution in [0.2, 0.25) is 0 Å². The first-order valence-corrected chi connectivity index (χ1v) is 21.4. The number of aliphatic hydroxyl groups is 2. The Labute approximate surface area is 371 Å². The average molecular weight is 910 g/mol. The lowest BCUT2D eigenvalue weighted by atomic mass is 9.72. The highest BCUT2D eigenvalue weighted by molar-refractivity contribution is 6.31. The normalized spacial score (nSPS) is 28.7. The van der Waals surface area contributed by atoms with Crippen molar-refractivity contribution >= 4 is 41.1 Å². The van der Waals surface area contributed by atoms with Crippen molar-refractivity contribution in [3.8, 4) is 17.2 Å². The molecule has 0 bridgehead atoms. The molecule has 0 aromatic heterocycles. The Hall–Kier alpha value is -5.59. The standard InChI is InChI=1S/C43H51N5O17/c1-19-38-23(47-13-14-62-41(61-3)40(47)65-38)15-29(63-19)64-25-17-43(59,42(58)45-11-10-44-39(57)22(18-49)46-26(50)9-12-48-27(51)7-8-28(48)52)16-21-31(25)37(56)33-32(35(21)54)34(53)20-5-4-6-24(60-2)30(20)36(33)55/h4-6,19,22-23,25,29,38,40-41,49,54,56,59H,7-18H2,1-3H3,(H,44,57)(H,45,58)(H,46,50)/t19-,22-,23-,25-,29-,38+,40+,41-,43?/m0/s1. The summed E-state index contributed by atoms with van der Waals surface area (Å²) in [7, 11) is 2.83. The quantitative estimate of drug-likeness (QED) is 0.0544. The minimum absolute atomic E-state index is 0.0541. The Balaban J connectivity index is 1.01. The molecule has 22 heteroatoms. The Kier molecular flexibility index (Phi) is 13.0. The minimum Gasteiger partial charge on any atom is -0.507 e. The SMILES string of the molecule is COc1cccc2c1C(=O)c1c(O)c3c(c(O)c1C2=O)CC(O)(C(=O)NCCNC(=O)[C@H](CO)NC(=O)CCN1C(=O)CCC1=O)C[C@@H]3O[C@H]1C[C@H]2[C@H](O[C@@H]3[C@@H](OC)OCCN32)[C@H](C)O1. The molecule has 2 aromatic rings. The number of hydrogen-bond acceptors (Lipinski definition) is 18. The van der Waals surface area contributed by atoms with Crippen molar-refractivity contribution in [1.29, 1.82) is 0 Å². The van der Waals surface area contributed by atoms with Gasteiger partial charge < -0.3 is 64.8 Å². The average Bonchev–Trinajstić information content (AvgIpc) is 3.83. The Morgan fingerprint density at radius 3 is 2.40 bits per heavy atom. The van der Waals surface area contributed by atoms with Gasteiger partial charge in [0.05, 0.1) is 49.2 Å². The fraction of sp³-hybridized carbons (Fsp3) is 0.558. The van der Waals surface area contributed by atoms with Gasteiger partial charge in [-0.05, 0) is 13.0 Å². The molecule has 8 rings (SSSR count). The first kappa shape index (κ1) is 46.0. The number of carbonyl (C=O) groups excluding carboxylic acids is 7. The van der Waals surface area contributed by atoms with Crippen molar-refractivity contribution in [3.05, 3.63) is 51.6 Å². The monoisotopic (exact) mass is 909 g/mol. The summed E-state index contributed by atoms with van der Waals surface area (Å²) in [4.78, 5) is 94.3. The number of ether oxygens (including phenoxy) is 6. The number of carbonyl (C=O) groups is 7. The predicted octanol–water partition coefficient (Wildman–Crippen LogP) is -1.60. The van der Waals surface area contributed by atoms with Crippen LogP contribution in [0.1, 0.15) is 88.1 Å². The summed E-state index contributed by atoms with van der Waals surface area (Å²) in [5.74, 6) is -6.29. The third kappa shape index (κ3) is 8.33. The number of ketones is 2. The van der Waals surface area contributed by atoms with Gasteiger partial charge in [0, 0.05) is 94.5 Å². The molecule has 350 valence electrons. The number of amides is 5. The van der Waals surface area contributed by atoms with Crippen LogP contribution < -0.4 is 20.7 Å². The summed E-state index contributed by atoms with van der Waals surface area (Å²) in [5, 5.41) is 53.3. The van der Waals surface area contributed by atoms with Crippen molar-refractivity contribution in [2.75, 3.05) is 53.6 Å². The molecule has 7 N–H and O–H groups in total. The van der Waals surface area contributed by atoms with E-state index in [1.807, 2.05) is 0 Å². The van der Waals surface area contributed by atoms with Gasteiger partial charge in [-0.1, -0.05) is 12.1 Å². The van der Waals surface area contributed by atoms with Gasteiger partial charge in [0.1, 0.15) is 35.0 Å². The number of rotatable bonds is 14. The zero-order chi connectivity index (χ0) is 46.5. The third-order valence-electron chi connectivity index (χ3n) is 12.9. The number of morpholine rings is 1. The molecule has 65 heavy (non-hydrogen) atoms. The summed E-state index contributed by atoms with van der Waals surface area (Å²) in [5.41, 5.74) is -3.98. The highest BCUT2D eigenvalue weighted by Crippen LogP contribution is 2.53. The fourth-order valence-electron chi connectivity index (χ4n) is 9.70. The van der Waals surface area contributed by atoms with E-state index in [0.29, 0.717) is 13.2 Å². The second-order valence-electron chi connectivity index (χ2n) is 16.7. The maximum Gasteiger partial charge on any atom is 0.252 e. The second kappa shape index (κ2) is 18.4. The van der Waals surface area contributed by atoms with E-state index in [1.165, 1.54) is 32.4 Å². The number of benzene rings is 2. The Morgan fingerprint density at radius 1 is 0.969 bits per heavy atom. The number of aliphatic hydroxyl groups excluding tert-OH is 1. The number of phenolic OH excluding ortho intramolecular Hbond substituents is 2. The number of phenols is 2. The number of aromatic hydroxyl groups is 2. The van der Waals surface area contributed by atoms with Crippen molar-refractivity contribution in [2.24, 2.45) is 0 Å². The summed E-state index contributed by atoms with van der Waals surface area (Å²) < 4.78 is 35.8. The summed E-state index contributed by atoms with van der Waals surface area (Å²) in [6.45, 7) is 1.17. The number of nitrogens with one attached hydrogen (secondary N) is 3. The lowest BCUT2D eigenvalue weighted by molar-refractivity contribution is -0.256. The van der Waals surface area contributed by atoms with Gasteiger partial charge >= 0.3 is 0 Å². The van der Waals surface area contributed by atoms with E-state index < -0.39 is 132 Å². The Morgan fingerprint density at radius 2 is 1.69 bits per heavy atom. The van der Waals surface area contributed by atoms with Crippen LogP contribution >= 0.6 is 0 Å². The fourth-order valence-corrected chi connectivity index (χ4v) is 9.70. The molecule has 6 aliphatic rings. The lowest BCUT2D eigenvalue weighted by Gasteiger charge is -2.43. The molecule has 0 spiro atoms. The number of imide groups is 1. The van der Waals surface area contributed by atoms with Crippen molar-refractivity contribution in [3.63, 3.8) is 0 Å². The first-order chi connectivity index (χ1) is 31.1. The molecule has 5 amide bonds. The van der Waals surface area contributed by atoms with E-state index >= 15 is 0 Å². The minimum atomic E-state index is -2.39. The van der Waals surface area contributed by atoms with Crippen molar-refractivity contribution < 1.29 is 82.4 Å². The van der Waals surface area contributed by atoms with Crippen molar-refractivity contribution in [1.82, 2.24) is 25.8 Å². The number of hydrogen-bond donors (Lipinski definition) is 7. The van der Waals surface area contributed by atoms with E-state index in [1.54, 1.807) is 6.92 Å². The largest absolute Gasteiger partial charge is 0.507 e. The van der Waals surface area contributed by atoms with E-state index in [2.05, 4.69) is 20.9 Å². The van der Waals surface area contributed by atoms with Crippen LogP contribution in [0.15, 0.2) is 18.2 Å². The maximum atomic E-state index is 14.2. The second-order valence-corrected chi connectivity index (χ2v) is 16.7. The molecular formula is C43H51N5O17. The van der Waals surface area contributed by atoms with Gasteiger partial charge in [0.15, 0.2) is 24.6 Å². The molecule has 9 atom stereocenters. The highest BCUT2D eigenvalue weighted by atomic mass is 16.7. The predicted molar refractivity (Wildman–Crippen MR) is 217 cm³/mol. The summed E-state index contributed by atoms with van der Waals surface area (Å²) >= 11 is 0. The van der Waals surface area contributed by atoms with Gasteiger partial charge in [-0.3, -0.25) is 43.4 Å². The highest BCUT2D eigenvalue weighted by Gasteiger charge is 2.55. The van der Waals surface area contributed by atoms with E-state index in [9.17, 15) is 54.0 Å². The molecule has 4 heterocycles. The van der Waals surface area contributed by atoms with E-state index in [0.717, 1.165) is 4.90 Å². The lowest BCUT2D eigenvalue weighted by Crippen LogP contribution is -2.56. The molecule has 0 radical (unpaired) electrons. The van der Waals surface area contributed by atoms with Crippen LogP contribution in [-0.2, 0) is 54.1 Å². The van der Waals surface area contributed by atoms with Crippen LogP contribution in [-0.4, -0.2) is 174 Å². The number of methoxy groups -OCH3 is 2. The zero-order valence-electron chi connectivity index (χ0n) is 35.8. The molecule has 0 saturated carbocycles. The van der Waals surface area contributed by atoms with Crippen LogP contribution in [0.3, 0.4) is 0 Å². The van der Waals surface area contributed by atoms with Gasteiger partial charge in [-0.15, -0.1) is 0 Å². The van der Waals surface area contributed by atoms with Crippen LogP contribution in [0.4, 0.5) is 0 Å².